The van der Waals surface area contributed by atoms with Gasteiger partial charge >= 0.3 is 0 Å². The molecule has 20 heavy (non-hydrogen) atoms. The molecule has 0 amide bonds. The maximum Gasteiger partial charge on any atom is 0.159 e. The van der Waals surface area contributed by atoms with E-state index in [0.29, 0.717) is 11.1 Å². The number of nitriles is 1. The van der Waals surface area contributed by atoms with E-state index in [1.807, 2.05) is 11.9 Å². The van der Waals surface area contributed by atoms with Crippen molar-refractivity contribution in [1.82, 2.24) is 0 Å². The van der Waals surface area contributed by atoms with Gasteiger partial charge in [-0.25, -0.2) is 0 Å². The molecule has 0 bridgehead atoms. The largest absolute Gasteiger partial charge is 0.368 e. The Morgan fingerprint density at radius 2 is 2.10 bits per heavy atom. The van der Waals surface area contributed by atoms with Gasteiger partial charge in [0.2, 0.25) is 0 Å². The Balaban J connectivity index is 2.32. The second-order valence-electron chi connectivity index (χ2n) is 4.77. The van der Waals surface area contributed by atoms with Crippen LogP contribution in [-0.4, -0.2) is 12.8 Å². The fraction of sp³-hybridized carbons (Fsp3) is 0.250. The van der Waals surface area contributed by atoms with Crippen LogP contribution in [0.15, 0.2) is 30.3 Å². The van der Waals surface area contributed by atoms with E-state index in [4.69, 9.17) is 0 Å². The monoisotopic (exact) mass is 284 g/mol. The molecule has 0 atom stereocenters. The van der Waals surface area contributed by atoms with Crippen molar-refractivity contribution >= 4 is 22.8 Å². The zero-order valence-corrected chi connectivity index (χ0v) is 12.6. The van der Waals surface area contributed by atoms with E-state index in [0.717, 1.165) is 12.2 Å². The van der Waals surface area contributed by atoms with Crippen LogP contribution < -0.4 is 4.90 Å². The molecule has 0 saturated carbocycles. The smallest absolute Gasteiger partial charge is 0.159 e. The van der Waals surface area contributed by atoms with E-state index < -0.39 is 0 Å². The molecular formula is C16H16N2OS. The summed E-state index contributed by atoms with van der Waals surface area (Å²) in [5.74, 6) is 0.0103. The summed E-state index contributed by atoms with van der Waals surface area (Å²) in [5.41, 5.74) is 2.02. The fourth-order valence-corrected chi connectivity index (χ4v) is 2.99. The van der Waals surface area contributed by atoms with Gasteiger partial charge in [0.05, 0.1) is 17.8 Å². The number of carbonyl (C=O) groups excluding carboxylic acids is 1. The molecule has 0 radical (unpaired) electrons. The summed E-state index contributed by atoms with van der Waals surface area (Å²) >= 11 is 1.74. The first-order chi connectivity index (χ1) is 9.51. The molecule has 1 heterocycles. The Kier molecular flexibility index (Phi) is 4.21. The van der Waals surface area contributed by atoms with Crippen molar-refractivity contribution in [3.8, 4) is 6.07 Å². The molecule has 4 heteroatoms. The molecule has 0 unspecified atom stereocenters. The highest BCUT2D eigenvalue weighted by atomic mass is 32.1. The minimum Gasteiger partial charge on any atom is -0.368 e. The first-order valence-electron chi connectivity index (χ1n) is 6.33. The highest BCUT2D eigenvalue weighted by Gasteiger charge is 2.11. The number of ketones is 1. The van der Waals surface area contributed by atoms with Gasteiger partial charge in [0.15, 0.2) is 5.78 Å². The average Bonchev–Trinajstić information content (AvgIpc) is 2.83. The zero-order valence-electron chi connectivity index (χ0n) is 11.8. The SMILES string of the molecule is CC(=O)c1ccc(C#N)c(N(C)Cc2ccc(C)s2)c1. The Bertz CT molecular complexity index is 682. The predicted molar refractivity (Wildman–Crippen MR) is 82.3 cm³/mol. The van der Waals surface area contributed by atoms with Crippen LogP contribution in [0.4, 0.5) is 5.69 Å². The van der Waals surface area contributed by atoms with Gasteiger partial charge in [0.25, 0.3) is 0 Å². The van der Waals surface area contributed by atoms with E-state index >= 15 is 0 Å². The summed E-state index contributed by atoms with van der Waals surface area (Å²) in [6, 6.07) is 11.6. The molecule has 102 valence electrons. The number of aryl methyl sites for hydroxylation is 1. The lowest BCUT2D eigenvalue weighted by atomic mass is 10.1. The van der Waals surface area contributed by atoms with Gasteiger partial charge in [-0.3, -0.25) is 4.79 Å². The maximum absolute atomic E-state index is 11.5. The lowest BCUT2D eigenvalue weighted by Gasteiger charge is -2.20. The van der Waals surface area contributed by atoms with E-state index in [9.17, 15) is 10.1 Å². The van der Waals surface area contributed by atoms with Gasteiger partial charge in [-0.15, -0.1) is 11.3 Å². The van der Waals surface area contributed by atoms with Crippen molar-refractivity contribution in [2.75, 3.05) is 11.9 Å². The number of thiophene rings is 1. The molecule has 3 nitrogen and oxygen atoms in total. The lowest BCUT2D eigenvalue weighted by Crippen LogP contribution is -2.17. The standard InChI is InChI=1S/C16H16N2OS/c1-11-4-7-15(20-11)10-18(3)16-8-13(12(2)19)5-6-14(16)9-17/h4-8H,10H2,1-3H3. The second-order valence-corrected chi connectivity index (χ2v) is 6.14. The summed E-state index contributed by atoms with van der Waals surface area (Å²) < 4.78 is 0. The van der Waals surface area contributed by atoms with Gasteiger partial charge in [-0.05, 0) is 44.2 Å². The van der Waals surface area contributed by atoms with Crippen molar-refractivity contribution in [3.05, 3.63) is 51.2 Å². The first kappa shape index (κ1) is 14.3. The topological polar surface area (TPSA) is 44.1 Å². The van der Waals surface area contributed by atoms with Crippen LogP contribution in [0.5, 0.6) is 0 Å². The number of anilines is 1. The summed E-state index contributed by atoms with van der Waals surface area (Å²) in [6.07, 6.45) is 0. The van der Waals surface area contributed by atoms with Gasteiger partial charge in [-0.1, -0.05) is 0 Å². The summed E-state index contributed by atoms with van der Waals surface area (Å²) in [5, 5.41) is 9.21. The van der Waals surface area contributed by atoms with Crippen LogP contribution in [0.3, 0.4) is 0 Å². The Morgan fingerprint density at radius 1 is 1.35 bits per heavy atom. The second kappa shape index (κ2) is 5.89. The van der Waals surface area contributed by atoms with Crippen molar-refractivity contribution in [1.29, 1.82) is 5.26 Å². The molecular weight excluding hydrogens is 268 g/mol. The van der Waals surface area contributed by atoms with E-state index in [2.05, 4.69) is 25.1 Å². The van der Waals surface area contributed by atoms with Crippen molar-refractivity contribution < 1.29 is 4.79 Å². The molecule has 1 aromatic heterocycles. The number of carbonyl (C=O) groups is 1. The van der Waals surface area contributed by atoms with E-state index in [1.165, 1.54) is 16.7 Å². The molecule has 0 aliphatic rings. The molecule has 0 aliphatic heterocycles. The van der Waals surface area contributed by atoms with E-state index in [-0.39, 0.29) is 5.78 Å². The third kappa shape index (κ3) is 3.06. The van der Waals surface area contributed by atoms with Gasteiger partial charge < -0.3 is 4.90 Å². The number of hydrogen-bond donors (Lipinski definition) is 0. The molecule has 2 aromatic rings. The number of Topliss-reactive ketones (excluding diaryl/α,β-unsaturated/α-hetero) is 1. The fourth-order valence-electron chi connectivity index (χ4n) is 2.05. The van der Waals surface area contributed by atoms with Crippen LogP contribution in [0, 0.1) is 18.3 Å². The van der Waals surface area contributed by atoms with Crippen LogP contribution in [0.2, 0.25) is 0 Å². The third-order valence-electron chi connectivity index (χ3n) is 3.12. The third-order valence-corrected chi connectivity index (χ3v) is 4.11. The minimum atomic E-state index is 0.0103. The molecule has 2 rings (SSSR count). The van der Waals surface area contributed by atoms with Gasteiger partial charge in [0.1, 0.15) is 6.07 Å². The summed E-state index contributed by atoms with van der Waals surface area (Å²) in [7, 11) is 1.94. The Morgan fingerprint density at radius 3 is 2.65 bits per heavy atom. The normalized spacial score (nSPS) is 10.1. The molecule has 0 saturated heterocycles. The molecule has 0 N–H and O–H groups in total. The maximum atomic E-state index is 11.5. The van der Waals surface area contributed by atoms with Gasteiger partial charge in [-0.2, -0.15) is 5.26 Å². The van der Waals surface area contributed by atoms with Crippen molar-refractivity contribution in [2.24, 2.45) is 0 Å². The Labute approximate surface area is 123 Å². The number of benzene rings is 1. The first-order valence-corrected chi connectivity index (χ1v) is 7.14. The van der Waals surface area contributed by atoms with Crippen molar-refractivity contribution in [3.63, 3.8) is 0 Å². The molecule has 1 aromatic carbocycles. The lowest BCUT2D eigenvalue weighted by molar-refractivity contribution is 0.101. The highest BCUT2D eigenvalue weighted by molar-refractivity contribution is 7.11. The average molecular weight is 284 g/mol. The summed E-state index contributed by atoms with van der Waals surface area (Å²) in [6.45, 7) is 4.34. The van der Waals surface area contributed by atoms with Gasteiger partial charge in [0, 0.05) is 22.4 Å². The van der Waals surface area contributed by atoms with Crippen LogP contribution in [0.1, 0.15) is 32.6 Å². The van der Waals surface area contributed by atoms with Crippen LogP contribution in [-0.2, 0) is 6.54 Å². The molecule has 0 aliphatic carbocycles. The highest BCUT2D eigenvalue weighted by Crippen LogP contribution is 2.25. The minimum absolute atomic E-state index is 0.0103. The predicted octanol–water partition coefficient (Wildman–Crippen LogP) is 3.77. The Hall–Kier alpha value is -2.12. The van der Waals surface area contributed by atoms with Crippen LogP contribution >= 0.6 is 11.3 Å². The number of hydrogen-bond acceptors (Lipinski definition) is 4. The van der Waals surface area contributed by atoms with E-state index in [1.54, 1.807) is 29.5 Å². The molecule has 0 spiro atoms. The number of rotatable bonds is 4. The molecule has 0 fully saturated rings. The number of nitrogens with zero attached hydrogens (tertiary/aromatic N) is 2. The van der Waals surface area contributed by atoms with Crippen LogP contribution in [0.25, 0.3) is 0 Å². The quantitative estimate of drug-likeness (QED) is 0.803. The van der Waals surface area contributed by atoms with Crippen molar-refractivity contribution in [2.45, 2.75) is 20.4 Å². The zero-order chi connectivity index (χ0) is 14.7. The summed E-state index contributed by atoms with van der Waals surface area (Å²) in [4.78, 5) is 16.0.